The van der Waals surface area contributed by atoms with Crippen LogP contribution in [0.1, 0.15) is 6.92 Å². The van der Waals surface area contributed by atoms with Crippen LogP contribution < -0.4 is 0 Å². The molecule has 0 heterocycles. The Morgan fingerprint density at radius 2 is 2.00 bits per heavy atom. The first-order chi connectivity index (χ1) is 2.41. The topological polar surface area (TPSA) is 0 Å². The number of hydrogen-bond acceptors (Lipinski definition) is 0. The van der Waals surface area contributed by atoms with E-state index in [2.05, 4.69) is 0 Å². The van der Waals surface area contributed by atoms with Gasteiger partial charge in [-0.3, -0.25) is 6.58 Å². The van der Waals surface area contributed by atoms with Crippen molar-refractivity contribution in [3.8, 4) is 0 Å². The summed E-state index contributed by atoms with van der Waals surface area (Å²) in [6.45, 7) is 6.85. The van der Waals surface area contributed by atoms with E-state index in [1.807, 2.05) is 13.0 Å². The fourth-order valence-electron chi connectivity index (χ4n) is 0.111. The average molecular weight is 242 g/mol. The van der Waals surface area contributed by atoms with Gasteiger partial charge in [-0.25, -0.2) is 12.2 Å². The molecule has 6 heavy (non-hydrogen) atoms. The van der Waals surface area contributed by atoms with Crippen molar-refractivity contribution in [3.63, 3.8) is 0 Å². The van der Waals surface area contributed by atoms with Crippen LogP contribution in [0.15, 0.2) is 18.2 Å². The van der Waals surface area contributed by atoms with E-state index in [1.165, 1.54) is 6.08 Å². The van der Waals surface area contributed by atoms with Gasteiger partial charge in [0.2, 0.25) is 0 Å². The monoisotopic (exact) mass is 242 g/mol. The summed E-state index contributed by atoms with van der Waals surface area (Å²) < 4.78 is 0. The smallest absolute Gasteiger partial charge is 0.293 e. The van der Waals surface area contributed by atoms with Gasteiger partial charge in [0, 0.05) is 0 Å². The Morgan fingerprint density at radius 1 is 1.50 bits per heavy atom. The van der Waals surface area contributed by atoms with E-state index in [0.29, 0.717) is 0 Å². The van der Waals surface area contributed by atoms with E-state index < -0.39 is 0 Å². The summed E-state index contributed by atoms with van der Waals surface area (Å²) in [5, 5.41) is 0. The number of rotatable bonds is 1. The van der Waals surface area contributed by atoms with Gasteiger partial charge in [0.1, 0.15) is 0 Å². The van der Waals surface area contributed by atoms with Crippen LogP contribution in [0.5, 0.6) is 0 Å². The van der Waals surface area contributed by atoms with Crippen LogP contribution in [0.25, 0.3) is 0 Å². The Labute approximate surface area is 68.1 Å². The van der Waals surface area contributed by atoms with Crippen LogP contribution in [-0.4, -0.2) is 0 Å². The molecule has 0 atom stereocenters. The molecule has 0 radical (unpaired) electrons. The first-order valence-electron chi connectivity index (χ1n) is 1.58. The van der Waals surface area contributed by atoms with Crippen LogP contribution in [-0.2, 0) is 0 Å². The van der Waals surface area contributed by atoms with Gasteiger partial charge in [0.25, 0.3) is 0 Å². The molecule has 0 nitrogen and oxygen atoms in total. The van der Waals surface area contributed by atoms with E-state index in [0.717, 1.165) is 0 Å². The summed E-state index contributed by atoms with van der Waals surface area (Å²) in [7, 11) is 0. The molecule has 0 N–H and O–H groups in total. The van der Waals surface area contributed by atoms with Crippen molar-refractivity contribution in [1.82, 2.24) is 0 Å². The van der Waals surface area contributed by atoms with Crippen LogP contribution >= 0.6 is 0 Å². The molecule has 0 rings (SSSR count). The van der Waals surface area contributed by atoms with Gasteiger partial charge in [-0.15, -0.1) is 0 Å². The molecule has 0 unspecified atom stereocenters. The molecule has 0 fully saturated rings. The van der Waals surface area contributed by atoms with Gasteiger partial charge in [0.05, 0.1) is 0 Å². The molecule has 40 valence electrons. The third-order valence-corrected chi connectivity index (χ3v) is 0.304. The standard InChI is InChI=1S/C5H7.Lu/c1-3-5-4-2;/h1,3-5H,2H3;/q-1;+3/b5-4+;. The Balaban J connectivity index is 0. The molecule has 0 spiro atoms. The van der Waals surface area contributed by atoms with Crippen molar-refractivity contribution < 1.29 is 36.9 Å². The Bertz CT molecular complexity index is 45.9. The minimum absolute atomic E-state index is 0. The van der Waals surface area contributed by atoms with E-state index in [4.69, 9.17) is 6.58 Å². The van der Waals surface area contributed by atoms with Gasteiger partial charge in [0.15, 0.2) is 0 Å². The van der Waals surface area contributed by atoms with Gasteiger partial charge >= 0.3 is 36.9 Å². The van der Waals surface area contributed by atoms with Crippen LogP contribution in [0.3, 0.4) is 0 Å². The molecule has 1 heteroatoms. The molecule has 0 saturated heterocycles. The van der Waals surface area contributed by atoms with Crippen molar-refractivity contribution in [3.05, 3.63) is 24.8 Å². The Kier molecular flexibility index (Phi) is 15.1. The van der Waals surface area contributed by atoms with E-state index >= 15 is 0 Å². The summed E-state index contributed by atoms with van der Waals surface area (Å²) >= 11 is 0. The number of allylic oxidation sites excluding steroid dienone is 3. The molecule has 0 aliphatic heterocycles. The maximum absolute atomic E-state index is 4.93. The van der Waals surface area contributed by atoms with Crippen LogP contribution in [0.4, 0.5) is 0 Å². The molecule has 0 aromatic rings. The molecule has 0 aromatic heterocycles. The third kappa shape index (κ3) is 8.83. The zero-order chi connectivity index (χ0) is 4.12. The molecule has 0 aliphatic carbocycles. The predicted molar refractivity (Wildman–Crippen MR) is 23.7 cm³/mol. The molecule has 0 amide bonds. The summed E-state index contributed by atoms with van der Waals surface area (Å²) in [6, 6.07) is 0. The fraction of sp³-hybridized carbons (Fsp3) is 0.200. The van der Waals surface area contributed by atoms with Crippen LogP contribution in [0, 0.1) is 43.5 Å². The molecular weight excluding hydrogens is 235 g/mol. The molecular formula is C5H7Lu+2. The second-order valence-corrected chi connectivity index (χ2v) is 0.718. The zero-order valence-corrected chi connectivity index (χ0v) is 5.22. The van der Waals surface area contributed by atoms with E-state index in [1.54, 1.807) is 6.08 Å². The van der Waals surface area contributed by atoms with Gasteiger partial charge in [-0.1, -0.05) is 6.92 Å². The second-order valence-electron chi connectivity index (χ2n) is 0.718. The van der Waals surface area contributed by atoms with E-state index in [-0.39, 0.29) is 36.9 Å². The maximum atomic E-state index is 4.93. The van der Waals surface area contributed by atoms with Crippen molar-refractivity contribution in [2.75, 3.05) is 0 Å². The zero-order valence-electron chi connectivity index (χ0n) is 3.57. The van der Waals surface area contributed by atoms with Crippen molar-refractivity contribution in [2.45, 2.75) is 6.92 Å². The Morgan fingerprint density at radius 3 is 2.00 bits per heavy atom. The van der Waals surface area contributed by atoms with Crippen molar-refractivity contribution in [1.29, 1.82) is 0 Å². The predicted octanol–water partition coefficient (Wildman–Crippen LogP) is 1.55. The SMILES string of the molecule is [CH-]=C/C=C/C.[Lu+3]. The molecule has 0 bridgehead atoms. The maximum Gasteiger partial charge on any atom is 3.00 e. The Hall–Kier alpha value is 0.714. The molecule has 0 aliphatic rings. The van der Waals surface area contributed by atoms with Gasteiger partial charge in [-0.05, 0) is 0 Å². The van der Waals surface area contributed by atoms with Crippen molar-refractivity contribution in [2.24, 2.45) is 0 Å². The summed E-state index contributed by atoms with van der Waals surface area (Å²) in [4.78, 5) is 0. The summed E-state index contributed by atoms with van der Waals surface area (Å²) in [6.07, 6.45) is 5.15. The van der Waals surface area contributed by atoms with Gasteiger partial charge < -0.3 is 0 Å². The third-order valence-electron chi connectivity index (χ3n) is 0.304. The number of hydrogen-bond donors (Lipinski definition) is 0. The fourth-order valence-corrected chi connectivity index (χ4v) is 0.111. The minimum atomic E-state index is 0. The van der Waals surface area contributed by atoms with Gasteiger partial charge in [-0.2, -0.15) is 6.08 Å². The largest absolute Gasteiger partial charge is 3.00 e. The second kappa shape index (κ2) is 9.21. The first-order valence-corrected chi connectivity index (χ1v) is 1.58. The first kappa shape index (κ1) is 9.86. The molecule has 0 saturated carbocycles. The summed E-state index contributed by atoms with van der Waals surface area (Å²) in [5.41, 5.74) is 0. The average Bonchev–Trinajstić information content (AvgIpc) is 1.41. The van der Waals surface area contributed by atoms with Crippen LogP contribution in [0.2, 0.25) is 0 Å². The molecule has 0 aromatic carbocycles. The van der Waals surface area contributed by atoms with E-state index in [9.17, 15) is 0 Å². The quantitative estimate of drug-likeness (QED) is 0.483. The summed E-state index contributed by atoms with van der Waals surface area (Å²) in [5.74, 6) is 0. The minimum Gasteiger partial charge on any atom is -0.293 e. The normalized spacial score (nSPS) is 7.50. The van der Waals surface area contributed by atoms with Crippen molar-refractivity contribution >= 4 is 0 Å².